The first-order valence-corrected chi connectivity index (χ1v) is 6.22. The first-order chi connectivity index (χ1) is 9.25. The van der Waals surface area contributed by atoms with Crippen molar-refractivity contribution in [2.75, 3.05) is 0 Å². The number of rotatable bonds is 3. The summed E-state index contributed by atoms with van der Waals surface area (Å²) < 4.78 is 5.37. The van der Waals surface area contributed by atoms with E-state index < -0.39 is 0 Å². The van der Waals surface area contributed by atoms with Gasteiger partial charge in [-0.1, -0.05) is 0 Å². The number of ketones is 1. The van der Waals surface area contributed by atoms with Crippen LogP contribution in [0.5, 0.6) is 0 Å². The third kappa shape index (κ3) is 5.04. The molecular weight excluding hydrogens is 292 g/mol. The van der Waals surface area contributed by atoms with Gasteiger partial charge >= 0.3 is 17.1 Å². The number of hydrogen-bond acceptors (Lipinski definition) is 2. The van der Waals surface area contributed by atoms with Crippen molar-refractivity contribution in [1.82, 2.24) is 0 Å². The summed E-state index contributed by atoms with van der Waals surface area (Å²) in [5.74, 6) is 1.24. The van der Waals surface area contributed by atoms with Crippen LogP contribution in [0.15, 0.2) is 71.1 Å². The molecule has 3 aromatic rings. The van der Waals surface area contributed by atoms with Crippen molar-refractivity contribution >= 4 is 5.78 Å². The predicted octanol–water partition coefficient (Wildman–Crippen LogP) is 4.19. The van der Waals surface area contributed by atoms with E-state index in [1.807, 2.05) is 60.7 Å². The summed E-state index contributed by atoms with van der Waals surface area (Å²) in [6.45, 7) is 1.51. The van der Waals surface area contributed by atoms with Crippen molar-refractivity contribution < 1.29 is 26.3 Å². The molecule has 0 amide bonds. The topological polar surface area (TPSA) is 30.2 Å². The van der Waals surface area contributed by atoms with Gasteiger partial charge in [-0.05, 0) is 18.6 Å². The molecule has 0 aliphatic heterocycles. The second kappa shape index (κ2) is 8.36. The largest absolute Gasteiger partial charge is 2.00 e. The normalized spacial score (nSPS) is 9.25. The van der Waals surface area contributed by atoms with E-state index in [9.17, 15) is 4.79 Å². The summed E-state index contributed by atoms with van der Waals surface area (Å²) in [4.78, 5) is 11.0. The summed E-state index contributed by atoms with van der Waals surface area (Å²) >= 11 is 0. The Labute approximate surface area is 129 Å². The van der Waals surface area contributed by atoms with Crippen molar-refractivity contribution in [3.05, 3.63) is 83.8 Å². The fraction of sp³-hybridized carbons (Fsp3) is 0.118. The van der Waals surface area contributed by atoms with Gasteiger partial charge < -0.3 is 4.42 Å². The van der Waals surface area contributed by atoms with Gasteiger partial charge in [0.2, 0.25) is 0 Å². The average molecular weight is 308 g/mol. The Bertz CT molecular complexity index is 572. The van der Waals surface area contributed by atoms with E-state index >= 15 is 0 Å². The molecule has 0 unspecified atom stereocenters. The second-order valence-electron chi connectivity index (χ2n) is 4.25. The summed E-state index contributed by atoms with van der Waals surface area (Å²) in [6, 6.07) is 21.6. The van der Waals surface area contributed by atoms with Crippen molar-refractivity contribution in [1.29, 1.82) is 0 Å². The molecule has 0 saturated heterocycles. The van der Waals surface area contributed by atoms with E-state index in [1.54, 1.807) is 6.07 Å². The molecule has 0 N–H and O–H groups in total. The van der Waals surface area contributed by atoms with Crippen LogP contribution in [0.1, 0.15) is 28.8 Å². The molecule has 20 heavy (non-hydrogen) atoms. The third-order valence-corrected chi connectivity index (χ3v) is 2.67. The minimum Gasteiger partial charge on any atom is -0.459 e. The van der Waals surface area contributed by atoms with Crippen molar-refractivity contribution in [3.8, 4) is 0 Å². The summed E-state index contributed by atoms with van der Waals surface area (Å²) in [5.41, 5.74) is 1.20. The molecule has 0 atom stereocenters. The molecule has 0 radical (unpaired) electrons. The van der Waals surface area contributed by atoms with Crippen LogP contribution >= 0.6 is 0 Å². The van der Waals surface area contributed by atoms with Gasteiger partial charge in [0.05, 0.1) is 5.76 Å². The molecule has 0 spiro atoms. The Kier molecular flexibility index (Phi) is 6.78. The van der Waals surface area contributed by atoms with Gasteiger partial charge in [0.15, 0.2) is 11.5 Å². The standard InChI is InChI=1S/C12H11O2.C5H5.Fe/c1-9(13)12-7-6-11(14-12)8-10-4-2-3-5-10;1-2-4-5-3-1;/h2-7H,8H2,1H3;1-5H;/q2*-1;+2. The number of carbonyl (C=O) groups excluding carboxylic acids is 1. The van der Waals surface area contributed by atoms with Gasteiger partial charge in [0.25, 0.3) is 0 Å². The van der Waals surface area contributed by atoms with E-state index in [0.29, 0.717) is 5.76 Å². The van der Waals surface area contributed by atoms with Crippen LogP contribution in [0.2, 0.25) is 0 Å². The van der Waals surface area contributed by atoms with Crippen LogP contribution in [0.3, 0.4) is 0 Å². The Morgan fingerprint density at radius 3 is 2.25 bits per heavy atom. The number of furan rings is 1. The van der Waals surface area contributed by atoms with Crippen molar-refractivity contribution in [2.45, 2.75) is 13.3 Å². The van der Waals surface area contributed by atoms with Crippen LogP contribution in [0.25, 0.3) is 0 Å². The van der Waals surface area contributed by atoms with Gasteiger partial charge in [-0.3, -0.25) is 4.79 Å². The van der Waals surface area contributed by atoms with Gasteiger partial charge in [-0.2, -0.15) is 35.9 Å². The zero-order valence-electron chi connectivity index (χ0n) is 11.2. The molecule has 0 fully saturated rings. The van der Waals surface area contributed by atoms with Crippen molar-refractivity contribution in [3.63, 3.8) is 0 Å². The Hall–Kier alpha value is -1.83. The monoisotopic (exact) mass is 308 g/mol. The van der Waals surface area contributed by atoms with E-state index in [2.05, 4.69) is 0 Å². The molecule has 2 aromatic carbocycles. The number of Topliss-reactive ketones (excluding diaryl/α,β-unsaturated/α-hetero) is 1. The summed E-state index contributed by atoms with van der Waals surface area (Å²) in [5, 5.41) is 0. The van der Waals surface area contributed by atoms with Crippen LogP contribution in [-0.2, 0) is 23.5 Å². The van der Waals surface area contributed by atoms with Crippen molar-refractivity contribution in [2.24, 2.45) is 0 Å². The predicted molar refractivity (Wildman–Crippen MR) is 75.6 cm³/mol. The average Bonchev–Trinajstić information content (AvgIpc) is 3.15. The van der Waals surface area contributed by atoms with Gasteiger partial charge in [0.1, 0.15) is 0 Å². The maximum atomic E-state index is 11.0. The molecule has 2 nitrogen and oxygen atoms in total. The van der Waals surface area contributed by atoms with Crippen LogP contribution in [0, 0.1) is 0 Å². The first-order valence-electron chi connectivity index (χ1n) is 6.22. The molecular formula is C17H16FeO2. The molecule has 3 heteroatoms. The maximum Gasteiger partial charge on any atom is 2.00 e. The van der Waals surface area contributed by atoms with Gasteiger partial charge in [-0.25, -0.2) is 24.3 Å². The number of carbonyl (C=O) groups is 1. The Morgan fingerprint density at radius 1 is 1.15 bits per heavy atom. The molecule has 0 saturated carbocycles. The third-order valence-electron chi connectivity index (χ3n) is 2.67. The second-order valence-corrected chi connectivity index (χ2v) is 4.25. The molecule has 104 valence electrons. The molecule has 3 rings (SSSR count). The van der Waals surface area contributed by atoms with Crippen LogP contribution < -0.4 is 0 Å². The smallest absolute Gasteiger partial charge is 0.459 e. The SMILES string of the molecule is CC(=O)c1ccc(C[c-]2cccc2)o1.[Fe+2].c1cc[cH-]c1. The Balaban J connectivity index is 0.000000283. The first kappa shape index (κ1) is 16.2. The molecule has 0 bridgehead atoms. The quantitative estimate of drug-likeness (QED) is 0.412. The molecule has 1 aromatic heterocycles. The molecule has 0 aliphatic carbocycles. The fourth-order valence-electron chi connectivity index (χ4n) is 1.72. The van der Waals surface area contributed by atoms with Gasteiger partial charge in [-0.15, -0.1) is 0 Å². The minimum absolute atomic E-state index is 0. The van der Waals surface area contributed by atoms with E-state index in [1.165, 1.54) is 12.5 Å². The number of hydrogen-bond donors (Lipinski definition) is 0. The van der Waals surface area contributed by atoms with Gasteiger partial charge in [0, 0.05) is 6.92 Å². The molecule has 0 aliphatic rings. The zero-order valence-corrected chi connectivity index (χ0v) is 12.3. The fourth-order valence-corrected chi connectivity index (χ4v) is 1.72. The van der Waals surface area contributed by atoms with Crippen LogP contribution in [0.4, 0.5) is 0 Å². The van der Waals surface area contributed by atoms with E-state index in [4.69, 9.17) is 4.42 Å². The van der Waals surface area contributed by atoms with E-state index in [0.717, 1.165) is 12.2 Å². The zero-order chi connectivity index (χ0) is 13.5. The molecule has 1 heterocycles. The minimum atomic E-state index is -0.0289. The van der Waals surface area contributed by atoms with Crippen LogP contribution in [-0.4, -0.2) is 5.78 Å². The van der Waals surface area contributed by atoms with E-state index in [-0.39, 0.29) is 22.9 Å². The summed E-state index contributed by atoms with van der Waals surface area (Å²) in [6.07, 6.45) is 0.750. The summed E-state index contributed by atoms with van der Waals surface area (Å²) in [7, 11) is 0. The Morgan fingerprint density at radius 2 is 1.80 bits per heavy atom. The maximum absolute atomic E-state index is 11.0.